The Morgan fingerprint density at radius 1 is 1.26 bits per heavy atom. The van der Waals surface area contributed by atoms with Gasteiger partial charge in [0.05, 0.1) is 5.54 Å². The maximum Gasteiger partial charge on any atom is 0.220 e. The number of benzene rings is 1. The quantitative estimate of drug-likeness (QED) is 0.854. The van der Waals surface area contributed by atoms with E-state index in [1.807, 2.05) is 6.07 Å². The molecular formula is C16H24N2O. The van der Waals surface area contributed by atoms with Gasteiger partial charge in [0.15, 0.2) is 0 Å². The lowest BCUT2D eigenvalue weighted by molar-refractivity contribution is -0.123. The van der Waals surface area contributed by atoms with Gasteiger partial charge in [0.25, 0.3) is 0 Å². The highest BCUT2D eigenvalue weighted by Crippen LogP contribution is 2.30. The first kappa shape index (κ1) is 14.1. The van der Waals surface area contributed by atoms with Crippen molar-refractivity contribution >= 4 is 5.91 Å². The maximum absolute atomic E-state index is 12.1. The molecule has 0 atom stereocenters. The summed E-state index contributed by atoms with van der Waals surface area (Å²) in [4.78, 5) is 12.1. The molecule has 1 heterocycles. The molecule has 3 nitrogen and oxygen atoms in total. The van der Waals surface area contributed by atoms with Gasteiger partial charge in [0, 0.05) is 6.42 Å². The van der Waals surface area contributed by atoms with E-state index in [4.69, 9.17) is 0 Å². The summed E-state index contributed by atoms with van der Waals surface area (Å²) in [7, 11) is 0. The van der Waals surface area contributed by atoms with Crippen molar-refractivity contribution in [1.82, 2.24) is 10.6 Å². The van der Waals surface area contributed by atoms with Gasteiger partial charge < -0.3 is 10.6 Å². The van der Waals surface area contributed by atoms with Gasteiger partial charge in [-0.05, 0) is 37.9 Å². The van der Waals surface area contributed by atoms with Crippen molar-refractivity contribution in [2.45, 2.75) is 44.6 Å². The van der Waals surface area contributed by atoms with E-state index in [2.05, 4.69) is 41.8 Å². The fourth-order valence-electron chi connectivity index (χ4n) is 2.76. The predicted molar refractivity (Wildman–Crippen MR) is 77.9 cm³/mol. The summed E-state index contributed by atoms with van der Waals surface area (Å²) in [6.07, 6.45) is 4.60. The minimum atomic E-state index is -0.169. The molecule has 3 heteroatoms. The van der Waals surface area contributed by atoms with E-state index in [0.717, 1.165) is 38.8 Å². The first-order chi connectivity index (χ1) is 9.27. The van der Waals surface area contributed by atoms with Crippen molar-refractivity contribution in [3.8, 4) is 0 Å². The number of piperidine rings is 1. The third-order valence-corrected chi connectivity index (χ3v) is 3.92. The molecule has 1 aromatic carbocycles. The Hall–Kier alpha value is -1.35. The summed E-state index contributed by atoms with van der Waals surface area (Å²) in [5, 5.41) is 6.68. The molecule has 0 bridgehead atoms. The van der Waals surface area contributed by atoms with E-state index in [1.165, 1.54) is 5.56 Å². The lowest BCUT2D eigenvalue weighted by Gasteiger charge is -2.39. The summed E-state index contributed by atoms with van der Waals surface area (Å²) in [6, 6.07) is 10.4. The molecule has 19 heavy (non-hydrogen) atoms. The average molecular weight is 260 g/mol. The Morgan fingerprint density at radius 2 is 1.95 bits per heavy atom. The molecule has 0 unspecified atom stereocenters. The van der Waals surface area contributed by atoms with Crippen molar-refractivity contribution in [3.63, 3.8) is 0 Å². The van der Waals surface area contributed by atoms with Crippen LogP contribution in [0.2, 0.25) is 0 Å². The van der Waals surface area contributed by atoms with Crippen LogP contribution < -0.4 is 10.6 Å². The zero-order chi connectivity index (χ0) is 13.6. The first-order valence-corrected chi connectivity index (χ1v) is 7.34. The highest BCUT2D eigenvalue weighted by molar-refractivity contribution is 5.77. The summed E-state index contributed by atoms with van der Waals surface area (Å²) >= 11 is 0. The van der Waals surface area contributed by atoms with Crippen LogP contribution in [0.5, 0.6) is 0 Å². The van der Waals surface area contributed by atoms with Crippen molar-refractivity contribution in [2.24, 2.45) is 0 Å². The van der Waals surface area contributed by atoms with Crippen LogP contribution in [0, 0.1) is 0 Å². The summed E-state index contributed by atoms with van der Waals surface area (Å²) in [5.74, 6) is 0.188. The predicted octanol–water partition coefficient (Wildman–Crippen LogP) is 2.57. The van der Waals surface area contributed by atoms with Crippen LogP contribution in [-0.4, -0.2) is 19.0 Å². The van der Waals surface area contributed by atoms with Crippen LogP contribution in [0.1, 0.15) is 44.6 Å². The van der Waals surface area contributed by atoms with Crippen LogP contribution in [0.25, 0.3) is 0 Å². The fraction of sp³-hybridized carbons (Fsp3) is 0.562. The number of hydrogen-bond acceptors (Lipinski definition) is 2. The van der Waals surface area contributed by atoms with Crippen LogP contribution in [-0.2, 0) is 10.3 Å². The Kier molecular flexibility index (Phi) is 4.97. The smallest absolute Gasteiger partial charge is 0.220 e. The van der Waals surface area contributed by atoms with Crippen molar-refractivity contribution in [1.29, 1.82) is 0 Å². The third-order valence-electron chi connectivity index (χ3n) is 3.92. The Morgan fingerprint density at radius 3 is 2.58 bits per heavy atom. The lowest BCUT2D eigenvalue weighted by atomic mass is 9.81. The number of carbonyl (C=O) groups excluding carboxylic acids is 1. The Labute approximate surface area is 115 Å². The lowest BCUT2D eigenvalue weighted by Crippen LogP contribution is -2.52. The number of carbonyl (C=O) groups is 1. The Balaban J connectivity index is 2.13. The zero-order valence-electron chi connectivity index (χ0n) is 11.7. The topological polar surface area (TPSA) is 41.1 Å². The summed E-state index contributed by atoms with van der Waals surface area (Å²) in [5.41, 5.74) is 1.07. The summed E-state index contributed by atoms with van der Waals surface area (Å²) < 4.78 is 0. The van der Waals surface area contributed by atoms with Gasteiger partial charge >= 0.3 is 0 Å². The molecule has 1 aromatic rings. The molecule has 0 aliphatic carbocycles. The highest BCUT2D eigenvalue weighted by atomic mass is 16.1. The summed E-state index contributed by atoms with van der Waals surface area (Å²) in [6.45, 7) is 4.04. The SMILES string of the molecule is CCCCC(=O)NC1(c2ccccc2)CCNCC1. The van der Waals surface area contributed by atoms with Crippen LogP contribution in [0.3, 0.4) is 0 Å². The highest BCUT2D eigenvalue weighted by Gasteiger charge is 2.34. The average Bonchev–Trinajstić information content (AvgIpc) is 2.47. The second kappa shape index (κ2) is 6.71. The van der Waals surface area contributed by atoms with Gasteiger partial charge in [-0.25, -0.2) is 0 Å². The van der Waals surface area contributed by atoms with E-state index >= 15 is 0 Å². The molecule has 0 saturated carbocycles. The van der Waals surface area contributed by atoms with Gasteiger partial charge in [-0.1, -0.05) is 43.7 Å². The second-order valence-electron chi connectivity index (χ2n) is 5.35. The maximum atomic E-state index is 12.1. The van der Waals surface area contributed by atoms with E-state index in [9.17, 15) is 4.79 Å². The number of rotatable bonds is 5. The first-order valence-electron chi connectivity index (χ1n) is 7.34. The number of hydrogen-bond donors (Lipinski definition) is 2. The van der Waals surface area contributed by atoms with Crippen LogP contribution in [0.4, 0.5) is 0 Å². The second-order valence-corrected chi connectivity index (χ2v) is 5.35. The molecule has 2 N–H and O–H groups in total. The number of amides is 1. The molecule has 1 aliphatic heterocycles. The molecule has 1 amide bonds. The largest absolute Gasteiger partial charge is 0.346 e. The molecule has 1 fully saturated rings. The molecular weight excluding hydrogens is 236 g/mol. The van der Waals surface area contributed by atoms with Gasteiger partial charge in [0.1, 0.15) is 0 Å². The fourth-order valence-corrected chi connectivity index (χ4v) is 2.76. The normalized spacial score (nSPS) is 17.9. The minimum Gasteiger partial charge on any atom is -0.346 e. The van der Waals surface area contributed by atoms with Gasteiger partial charge in [-0.15, -0.1) is 0 Å². The van der Waals surface area contributed by atoms with Gasteiger partial charge in [-0.3, -0.25) is 4.79 Å². The molecule has 0 radical (unpaired) electrons. The molecule has 0 spiro atoms. The van der Waals surface area contributed by atoms with E-state index in [0.29, 0.717) is 6.42 Å². The van der Waals surface area contributed by atoms with E-state index in [1.54, 1.807) is 0 Å². The molecule has 1 saturated heterocycles. The van der Waals surface area contributed by atoms with Crippen molar-refractivity contribution in [3.05, 3.63) is 35.9 Å². The molecule has 2 rings (SSSR count). The van der Waals surface area contributed by atoms with Crippen molar-refractivity contribution < 1.29 is 4.79 Å². The molecule has 1 aliphatic rings. The van der Waals surface area contributed by atoms with Gasteiger partial charge in [0.2, 0.25) is 5.91 Å². The molecule has 0 aromatic heterocycles. The molecule has 104 valence electrons. The third kappa shape index (κ3) is 3.57. The van der Waals surface area contributed by atoms with Gasteiger partial charge in [-0.2, -0.15) is 0 Å². The van der Waals surface area contributed by atoms with Crippen LogP contribution in [0.15, 0.2) is 30.3 Å². The zero-order valence-corrected chi connectivity index (χ0v) is 11.7. The number of nitrogens with one attached hydrogen (secondary N) is 2. The standard InChI is InChI=1S/C16H24N2O/c1-2-3-9-15(19)18-16(10-12-17-13-11-16)14-7-5-4-6-8-14/h4-8,17H,2-3,9-13H2,1H3,(H,18,19). The van der Waals surface area contributed by atoms with Crippen molar-refractivity contribution in [2.75, 3.05) is 13.1 Å². The van der Waals surface area contributed by atoms with Crippen LogP contribution >= 0.6 is 0 Å². The monoisotopic (exact) mass is 260 g/mol. The Bertz CT molecular complexity index is 396. The minimum absolute atomic E-state index is 0.169. The van der Waals surface area contributed by atoms with E-state index < -0.39 is 0 Å². The number of unbranched alkanes of at least 4 members (excludes halogenated alkanes) is 1. The van der Waals surface area contributed by atoms with E-state index in [-0.39, 0.29) is 11.4 Å².